The highest BCUT2D eigenvalue weighted by Crippen LogP contribution is 2.43. The Morgan fingerprint density at radius 3 is 1.81 bits per heavy atom. The summed E-state index contributed by atoms with van der Waals surface area (Å²) in [4.78, 5) is 0. The first-order valence-electron chi connectivity index (χ1n) is 15.3. The zero-order valence-corrected chi connectivity index (χ0v) is 30.6. The van der Waals surface area contributed by atoms with Gasteiger partial charge in [0.05, 0.1) is 47.4 Å². The SMILES string of the molecule is CCC[Si](C)(OI)O[Si](C)(CCC1CCC2OC2C1)O[Si](C)(CCC)O[SiH](C)CCC1CCC2OC2C1. The Morgan fingerprint density at radius 2 is 1.27 bits per heavy atom. The number of rotatable bonds is 17. The molecule has 2 aliphatic heterocycles. The fraction of sp³-hybridized carbons (Fsp3) is 1.00. The quantitative estimate of drug-likeness (QED) is 0.0881. The molecule has 10 atom stereocenters. The van der Waals surface area contributed by atoms with Gasteiger partial charge in [0.2, 0.25) is 0 Å². The molecule has 216 valence electrons. The molecule has 0 amide bonds. The van der Waals surface area contributed by atoms with E-state index in [4.69, 9.17) is 24.6 Å². The van der Waals surface area contributed by atoms with Crippen molar-refractivity contribution >= 4 is 57.7 Å². The molecule has 0 aromatic rings. The lowest BCUT2D eigenvalue weighted by molar-refractivity contribution is 0.287. The smallest absolute Gasteiger partial charge is 0.337 e. The molecule has 4 fully saturated rings. The van der Waals surface area contributed by atoms with Crippen molar-refractivity contribution in [1.29, 1.82) is 0 Å². The maximum Gasteiger partial charge on any atom is 0.337 e. The summed E-state index contributed by atoms with van der Waals surface area (Å²) >= 11 is 2.08. The summed E-state index contributed by atoms with van der Waals surface area (Å²) in [5.41, 5.74) is 0. The molecule has 0 bridgehead atoms. The van der Waals surface area contributed by atoms with Crippen molar-refractivity contribution in [2.75, 3.05) is 0 Å². The maximum atomic E-state index is 7.29. The number of hydrogen-bond acceptors (Lipinski definition) is 6. The predicted molar refractivity (Wildman–Crippen MR) is 167 cm³/mol. The summed E-state index contributed by atoms with van der Waals surface area (Å²) in [6.07, 6.45) is 14.6. The van der Waals surface area contributed by atoms with Gasteiger partial charge in [0.1, 0.15) is 0 Å². The van der Waals surface area contributed by atoms with Crippen LogP contribution in [0.5, 0.6) is 0 Å². The first-order chi connectivity index (χ1) is 17.6. The number of epoxide rings is 2. The van der Waals surface area contributed by atoms with Crippen molar-refractivity contribution in [2.45, 2.75) is 153 Å². The maximum absolute atomic E-state index is 7.29. The van der Waals surface area contributed by atoms with Crippen molar-refractivity contribution in [3.63, 3.8) is 0 Å². The highest BCUT2D eigenvalue weighted by Gasteiger charge is 2.50. The molecule has 4 rings (SSSR count). The fourth-order valence-electron chi connectivity index (χ4n) is 7.10. The molecule has 0 N–H and O–H groups in total. The molecule has 0 spiro atoms. The minimum absolute atomic E-state index is 0.530. The topological polar surface area (TPSA) is 62.0 Å². The molecule has 4 aliphatic rings. The van der Waals surface area contributed by atoms with Crippen LogP contribution < -0.4 is 0 Å². The van der Waals surface area contributed by atoms with Crippen molar-refractivity contribution in [3.05, 3.63) is 0 Å². The standard InChI is InChI=1S/C26H53IO6Si4/c1-7-16-35(4,30-27)32-37(6,18-14-22-10-12-24-26(20-22)29-24)33-36(5,17-8-2)31-34(3)15-13-21-9-11-23-25(19-21)28-23/h21-26,34H,7-20H2,1-6H3. The zero-order chi connectivity index (χ0) is 26.7. The van der Waals surface area contributed by atoms with Crippen LogP contribution in [0.25, 0.3) is 0 Å². The van der Waals surface area contributed by atoms with E-state index < -0.39 is 34.7 Å². The summed E-state index contributed by atoms with van der Waals surface area (Å²) in [6.45, 7) is 13.8. The number of ether oxygens (including phenoxy) is 2. The fourth-order valence-corrected chi connectivity index (χ4v) is 26.9. The van der Waals surface area contributed by atoms with Gasteiger partial charge in [0, 0.05) is 0 Å². The van der Waals surface area contributed by atoms with E-state index in [9.17, 15) is 0 Å². The van der Waals surface area contributed by atoms with E-state index in [1.165, 1.54) is 57.4 Å². The molecule has 2 aliphatic carbocycles. The van der Waals surface area contributed by atoms with Crippen molar-refractivity contribution in [1.82, 2.24) is 0 Å². The molecule has 2 heterocycles. The molecular weight excluding hydrogens is 648 g/mol. The number of hydrogen-bond donors (Lipinski definition) is 0. The third kappa shape index (κ3) is 9.43. The second kappa shape index (κ2) is 13.6. The van der Waals surface area contributed by atoms with Gasteiger partial charge in [-0.15, -0.1) is 0 Å². The third-order valence-corrected chi connectivity index (χ3v) is 27.9. The highest BCUT2D eigenvalue weighted by molar-refractivity contribution is 14.1. The minimum atomic E-state index is -2.50. The van der Waals surface area contributed by atoms with E-state index in [0.29, 0.717) is 24.4 Å². The molecule has 0 aromatic carbocycles. The van der Waals surface area contributed by atoms with Crippen molar-refractivity contribution < 1.29 is 24.6 Å². The van der Waals surface area contributed by atoms with Crippen molar-refractivity contribution in [3.8, 4) is 0 Å². The van der Waals surface area contributed by atoms with Crippen LogP contribution >= 0.6 is 23.0 Å². The van der Waals surface area contributed by atoms with Crippen LogP contribution in [-0.4, -0.2) is 59.1 Å². The van der Waals surface area contributed by atoms with Gasteiger partial charge in [0.25, 0.3) is 0 Å². The largest absolute Gasteiger partial charge is 0.439 e. The first kappa shape index (κ1) is 31.3. The lowest BCUT2D eigenvalue weighted by atomic mass is 9.88. The molecule has 10 unspecified atom stereocenters. The zero-order valence-electron chi connectivity index (χ0n) is 24.3. The van der Waals surface area contributed by atoms with Gasteiger partial charge in [-0.3, -0.25) is 0 Å². The average molecular weight is 701 g/mol. The molecule has 0 aromatic heterocycles. The van der Waals surface area contributed by atoms with E-state index in [2.05, 4.69) is 63.0 Å². The number of fused-ring (bicyclic) bond motifs is 2. The lowest BCUT2D eigenvalue weighted by Gasteiger charge is -2.42. The Labute approximate surface area is 245 Å². The van der Waals surface area contributed by atoms with Gasteiger partial charge in [-0.25, -0.2) is 0 Å². The van der Waals surface area contributed by atoms with Crippen LogP contribution in [0.1, 0.15) is 78.1 Å². The van der Waals surface area contributed by atoms with Gasteiger partial charge < -0.3 is 24.6 Å². The second-order valence-corrected chi connectivity index (χ2v) is 27.6. The van der Waals surface area contributed by atoms with Crippen LogP contribution in [0.2, 0.25) is 50.4 Å². The average Bonchev–Trinajstić information content (AvgIpc) is 3.75. The molecule has 2 saturated carbocycles. The van der Waals surface area contributed by atoms with Crippen LogP contribution in [0, 0.1) is 11.8 Å². The van der Waals surface area contributed by atoms with Gasteiger partial charge in [-0.05, 0) is 107 Å². The Kier molecular flexibility index (Phi) is 11.5. The van der Waals surface area contributed by atoms with Gasteiger partial charge in [0.15, 0.2) is 9.04 Å². The van der Waals surface area contributed by atoms with Crippen LogP contribution in [0.4, 0.5) is 0 Å². The first-order valence-corrected chi connectivity index (χ1v) is 26.2. The van der Waals surface area contributed by atoms with E-state index in [-0.39, 0.29) is 0 Å². The van der Waals surface area contributed by atoms with E-state index in [0.717, 1.165) is 42.8 Å². The Balaban J connectivity index is 1.38. The molecule has 6 nitrogen and oxygen atoms in total. The van der Waals surface area contributed by atoms with Crippen LogP contribution in [0.3, 0.4) is 0 Å². The normalized spacial score (nSPS) is 36.4. The number of halogens is 1. The Hall–Kier alpha value is 1.36. The monoisotopic (exact) mass is 700 g/mol. The summed E-state index contributed by atoms with van der Waals surface area (Å²) in [5, 5.41) is 0. The Bertz CT molecular complexity index is 741. The summed E-state index contributed by atoms with van der Waals surface area (Å²) in [6, 6.07) is 4.35. The van der Waals surface area contributed by atoms with Gasteiger partial charge >= 0.3 is 25.7 Å². The lowest BCUT2D eigenvalue weighted by Crippen LogP contribution is -2.58. The molecule has 2 saturated heterocycles. The molecule has 37 heavy (non-hydrogen) atoms. The third-order valence-electron chi connectivity index (χ3n) is 9.10. The Morgan fingerprint density at radius 1 is 0.730 bits per heavy atom. The van der Waals surface area contributed by atoms with E-state index in [1.54, 1.807) is 0 Å². The summed E-state index contributed by atoms with van der Waals surface area (Å²) in [7, 11) is -8.47. The van der Waals surface area contributed by atoms with Gasteiger partial charge in [-0.1, -0.05) is 33.1 Å². The molecule has 11 heteroatoms. The highest BCUT2D eigenvalue weighted by atomic mass is 127. The molecular formula is C26H53IO6Si4. The van der Waals surface area contributed by atoms with Crippen molar-refractivity contribution in [2.24, 2.45) is 11.8 Å². The second-order valence-electron chi connectivity index (χ2n) is 13.0. The van der Waals surface area contributed by atoms with Crippen LogP contribution in [-0.2, 0) is 24.6 Å². The van der Waals surface area contributed by atoms with Gasteiger partial charge in [-0.2, -0.15) is 0 Å². The van der Waals surface area contributed by atoms with E-state index in [1.807, 2.05) is 0 Å². The summed E-state index contributed by atoms with van der Waals surface area (Å²) < 4.78 is 39.1. The van der Waals surface area contributed by atoms with E-state index >= 15 is 0 Å². The molecule has 0 radical (unpaired) electrons. The van der Waals surface area contributed by atoms with Crippen LogP contribution in [0.15, 0.2) is 0 Å². The predicted octanol–water partition coefficient (Wildman–Crippen LogP) is 7.71. The minimum Gasteiger partial charge on any atom is -0.439 e. The summed E-state index contributed by atoms with van der Waals surface area (Å²) in [5.74, 6) is 1.57.